The normalized spacial score (nSPS) is 11.3. The molecule has 1 aromatic heterocycles. The number of hydrogen-bond donors (Lipinski definition) is 1. The fourth-order valence-corrected chi connectivity index (χ4v) is 7.16. The number of nitrogens with one attached hydrogen (secondary N) is 1. The van der Waals surface area contributed by atoms with Crippen LogP contribution in [0.4, 0.5) is 11.4 Å². The van der Waals surface area contributed by atoms with E-state index in [1.165, 1.54) is 64.3 Å². The molecule has 0 aliphatic carbocycles. The molecule has 0 saturated heterocycles. The summed E-state index contributed by atoms with van der Waals surface area (Å²) in [5.74, 6) is 0. The summed E-state index contributed by atoms with van der Waals surface area (Å²) in [6.07, 6.45) is 0. The molecule has 7 aromatic carbocycles. The molecule has 1 N–H and O–H groups in total. The van der Waals surface area contributed by atoms with Gasteiger partial charge in [-0.3, -0.25) is 0 Å². The van der Waals surface area contributed by atoms with E-state index in [-0.39, 0.29) is 0 Å². The highest BCUT2D eigenvalue weighted by molar-refractivity contribution is 7.26. The summed E-state index contributed by atoms with van der Waals surface area (Å²) in [7, 11) is 0. The van der Waals surface area contributed by atoms with E-state index in [0.29, 0.717) is 0 Å². The lowest BCUT2D eigenvalue weighted by atomic mass is 9.96. The van der Waals surface area contributed by atoms with Crippen LogP contribution in [0.1, 0.15) is 0 Å². The van der Waals surface area contributed by atoms with E-state index < -0.39 is 0 Å². The van der Waals surface area contributed by atoms with Crippen molar-refractivity contribution in [2.45, 2.75) is 0 Å². The van der Waals surface area contributed by atoms with E-state index in [2.05, 4.69) is 163 Å². The van der Waals surface area contributed by atoms with Crippen LogP contribution in [0.3, 0.4) is 0 Å². The molecule has 198 valence electrons. The maximum atomic E-state index is 3.72. The molecular formula is C40H27NS. The van der Waals surface area contributed by atoms with Gasteiger partial charge in [-0.2, -0.15) is 0 Å². The monoisotopic (exact) mass is 553 g/mol. The predicted molar refractivity (Wildman–Crippen MR) is 183 cm³/mol. The number of hydrogen-bond acceptors (Lipinski definition) is 2. The van der Waals surface area contributed by atoms with Gasteiger partial charge >= 0.3 is 0 Å². The quantitative estimate of drug-likeness (QED) is 0.223. The molecule has 0 bridgehead atoms. The van der Waals surface area contributed by atoms with Crippen LogP contribution in [0.5, 0.6) is 0 Å². The summed E-state index contributed by atoms with van der Waals surface area (Å²) in [5.41, 5.74) is 9.47. The van der Waals surface area contributed by atoms with Gasteiger partial charge in [-0.05, 0) is 75.0 Å². The third-order valence-electron chi connectivity index (χ3n) is 8.07. The fourth-order valence-electron chi connectivity index (χ4n) is 5.92. The first-order valence-electron chi connectivity index (χ1n) is 14.3. The average Bonchev–Trinajstić information content (AvgIpc) is 3.45. The maximum Gasteiger partial charge on any atom is 0.0464 e. The SMILES string of the molecule is c1ccc(-c2cc(-c3cccc4c3sc3ccccc34)ccc2Nc2ccc(-c3ccc4ccccc4c3)cc2)cc1. The number of thiophene rings is 1. The second-order valence-electron chi connectivity index (χ2n) is 10.7. The van der Waals surface area contributed by atoms with Gasteiger partial charge in [-0.25, -0.2) is 0 Å². The van der Waals surface area contributed by atoms with Gasteiger partial charge in [0.2, 0.25) is 0 Å². The van der Waals surface area contributed by atoms with E-state index in [0.717, 1.165) is 11.4 Å². The highest BCUT2D eigenvalue weighted by atomic mass is 32.1. The van der Waals surface area contributed by atoms with Crippen LogP contribution in [-0.2, 0) is 0 Å². The van der Waals surface area contributed by atoms with Crippen LogP contribution in [0.15, 0.2) is 158 Å². The second-order valence-corrected chi connectivity index (χ2v) is 11.7. The van der Waals surface area contributed by atoms with E-state index in [1.807, 2.05) is 11.3 Å². The Labute approximate surface area is 249 Å². The molecule has 0 amide bonds. The van der Waals surface area contributed by atoms with Crippen molar-refractivity contribution in [3.8, 4) is 33.4 Å². The first-order chi connectivity index (χ1) is 20.8. The minimum absolute atomic E-state index is 1.07. The third-order valence-corrected chi connectivity index (χ3v) is 9.29. The molecule has 0 atom stereocenters. The van der Waals surface area contributed by atoms with Crippen molar-refractivity contribution >= 4 is 53.7 Å². The lowest BCUT2D eigenvalue weighted by Crippen LogP contribution is -1.94. The van der Waals surface area contributed by atoms with E-state index in [9.17, 15) is 0 Å². The molecule has 0 spiro atoms. The molecule has 2 heteroatoms. The van der Waals surface area contributed by atoms with Crippen LogP contribution in [-0.4, -0.2) is 0 Å². The Morgan fingerprint density at radius 2 is 1.12 bits per heavy atom. The topological polar surface area (TPSA) is 12.0 Å². The lowest BCUT2D eigenvalue weighted by Gasteiger charge is -2.15. The smallest absolute Gasteiger partial charge is 0.0464 e. The van der Waals surface area contributed by atoms with Crippen LogP contribution in [0.25, 0.3) is 64.3 Å². The van der Waals surface area contributed by atoms with Crippen LogP contribution in [0, 0.1) is 0 Å². The van der Waals surface area contributed by atoms with Crippen molar-refractivity contribution < 1.29 is 0 Å². The molecule has 0 fully saturated rings. The van der Waals surface area contributed by atoms with Crippen LogP contribution >= 0.6 is 11.3 Å². The van der Waals surface area contributed by atoms with Crippen molar-refractivity contribution in [2.24, 2.45) is 0 Å². The molecule has 0 saturated carbocycles. The number of fused-ring (bicyclic) bond motifs is 4. The standard InChI is InChI=1S/C40H27NS/c1-2-10-29(11-3-1)37-26-32(34-14-8-15-36-35-13-6-7-16-39(35)42-40(34)36)21-24-38(37)41-33-22-19-28(20-23-33)31-18-17-27-9-4-5-12-30(27)25-31/h1-26,41H. The summed E-state index contributed by atoms with van der Waals surface area (Å²) in [5, 5.41) is 8.89. The fraction of sp³-hybridized carbons (Fsp3) is 0. The van der Waals surface area contributed by atoms with Gasteiger partial charge in [-0.1, -0.05) is 121 Å². The zero-order chi connectivity index (χ0) is 27.9. The Hall–Kier alpha value is -5.18. The van der Waals surface area contributed by atoms with Crippen molar-refractivity contribution in [2.75, 3.05) is 5.32 Å². The summed E-state index contributed by atoms with van der Waals surface area (Å²) in [6, 6.07) is 56.8. The minimum Gasteiger partial charge on any atom is -0.355 e. The first kappa shape index (κ1) is 24.6. The average molecular weight is 554 g/mol. The Bertz CT molecular complexity index is 2210. The van der Waals surface area contributed by atoms with E-state index in [4.69, 9.17) is 0 Å². The van der Waals surface area contributed by atoms with Gasteiger partial charge in [0, 0.05) is 37.1 Å². The predicted octanol–water partition coefficient (Wildman–Crippen LogP) is 12.0. The number of anilines is 2. The maximum absolute atomic E-state index is 3.72. The molecule has 8 rings (SSSR count). The summed E-state index contributed by atoms with van der Waals surface area (Å²) in [6.45, 7) is 0. The van der Waals surface area contributed by atoms with Crippen molar-refractivity contribution in [3.05, 3.63) is 158 Å². The zero-order valence-electron chi connectivity index (χ0n) is 22.9. The summed E-state index contributed by atoms with van der Waals surface area (Å²) in [4.78, 5) is 0. The highest BCUT2D eigenvalue weighted by Gasteiger charge is 2.13. The third kappa shape index (κ3) is 4.43. The van der Waals surface area contributed by atoms with Gasteiger partial charge < -0.3 is 5.32 Å². The summed E-state index contributed by atoms with van der Waals surface area (Å²) >= 11 is 1.88. The molecule has 0 unspecified atom stereocenters. The molecule has 1 nitrogen and oxygen atoms in total. The Kier molecular flexibility index (Phi) is 6.05. The molecule has 0 aliphatic rings. The highest BCUT2D eigenvalue weighted by Crippen LogP contribution is 2.42. The molecule has 8 aromatic rings. The summed E-state index contributed by atoms with van der Waals surface area (Å²) < 4.78 is 2.66. The van der Waals surface area contributed by atoms with E-state index >= 15 is 0 Å². The molecule has 0 radical (unpaired) electrons. The molecule has 0 aliphatic heterocycles. The number of rotatable bonds is 5. The Morgan fingerprint density at radius 1 is 0.405 bits per heavy atom. The lowest BCUT2D eigenvalue weighted by molar-refractivity contribution is 1.53. The minimum atomic E-state index is 1.07. The van der Waals surface area contributed by atoms with Gasteiger partial charge in [0.25, 0.3) is 0 Å². The molecule has 42 heavy (non-hydrogen) atoms. The van der Waals surface area contributed by atoms with Gasteiger partial charge in [0.05, 0.1) is 0 Å². The van der Waals surface area contributed by atoms with Gasteiger partial charge in [0.1, 0.15) is 0 Å². The molecular weight excluding hydrogens is 527 g/mol. The number of benzene rings is 7. The largest absolute Gasteiger partial charge is 0.355 e. The van der Waals surface area contributed by atoms with Crippen LogP contribution < -0.4 is 5.32 Å². The van der Waals surface area contributed by atoms with Gasteiger partial charge in [-0.15, -0.1) is 11.3 Å². The Morgan fingerprint density at radius 3 is 2.00 bits per heavy atom. The van der Waals surface area contributed by atoms with Gasteiger partial charge in [0.15, 0.2) is 0 Å². The Balaban J connectivity index is 1.17. The second kappa shape index (κ2) is 10.3. The van der Waals surface area contributed by atoms with Crippen molar-refractivity contribution in [1.82, 2.24) is 0 Å². The zero-order valence-corrected chi connectivity index (χ0v) is 23.7. The van der Waals surface area contributed by atoms with Crippen LogP contribution in [0.2, 0.25) is 0 Å². The van der Waals surface area contributed by atoms with Crippen molar-refractivity contribution in [1.29, 1.82) is 0 Å². The molecule has 1 heterocycles. The first-order valence-corrected chi connectivity index (χ1v) is 15.1. The van der Waals surface area contributed by atoms with E-state index in [1.54, 1.807) is 0 Å². The van der Waals surface area contributed by atoms with Crippen molar-refractivity contribution in [3.63, 3.8) is 0 Å².